The van der Waals surface area contributed by atoms with Gasteiger partial charge < -0.3 is 14.5 Å². The molecule has 8 nitrogen and oxygen atoms in total. The number of furan rings is 1. The minimum atomic E-state index is -0.610. The number of fused-ring (bicyclic) bond motifs is 1. The van der Waals surface area contributed by atoms with Gasteiger partial charge in [0, 0.05) is 12.1 Å². The summed E-state index contributed by atoms with van der Waals surface area (Å²) < 4.78 is 11.3. The number of rotatable bonds is 6. The summed E-state index contributed by atoms with van der Waals surface area (Å²) in [6, 6.07) is 22.2. The van der Waals surface area contributed by atoms with Crippen LogP contribution in [0.5, 0.6) is 5.75 Å². The number of hydrogen-bond acceptors (Lipinski definition) is 6. The molecule has 1 heterocycles. The molecule has 0 aliphatic rings. The van der Waals surface area contributed by atoms with Crippen LogP contribution in [0.3, 0.4) is 0 Å². The number of anilines is 1. The largest absolute Gasteiger partial charge is 0.486 e. The van der Waals surface area contributed by atoms with Crippen LogP contribution in [0.1, 0.15) is 21.9 Å². The zero-order chi connectivity index (χ0) is 21.8. The van der Waals surface area contributed by atoms with Crippen LogP contribution in [0.25, 0.3) is 10.8 Å². The van der Waals surface area contributed by atoms with E-state index in [1.807, 2.05) is 48.5 Å². The lowest BCUT2D eigenvalue weighted by Crippen LogP contribution is -2.12. The number of nitro benzene ring substituents is 1. The summed E-state index contributed by atoms with van der Waals surface area (Å²) in [5.74, 6) is 0.565. The van der Waals surface area contributed by atoms with E-state index in [0.717, 1.165) is 16.8 Å². The van der Waals surface area contributed by atoms with E-state index in [4.69, 9.17) is 9.15 Å². The van der Waals surface area contributed by atoms with Crippen molar-refractivity contribution < 1.29 is 18.9 Å². The highest BCUT2D eigenvalue weighted by Gasteiger charge is 2.16. The molecule has 152 valence electrons. The molecule has 8 heteroatoms. The second kappa shape index (κ2) is 8.39. The molecule has 0 saturated heterocycles. The van der Waals surface area contributed by atoms with Crippen molar-refractivity contribution in [2.45, 2.75) is 6.61 Å². The van der Waals surface area contributed by atoms with E-state index in [1.54, 1.807) is 6.07 Å². The monoisotopic (exact) mass is 413 g/mol. The number of hydrogen-bond donors (Lipinski definition) is 1. The highest BCUT2D eigenvalue weighted by Crippen LogP contribution is 2.24. The van der Waals surface area contributed by atoms with Gasteiger partial charge in [-0.1, -0.05) is 30.3 Å². The Kier molecular flexibility index (Phi) is 5.32. The molecule has 31 heavy (non-hydrogen) atoms. The van der Waals surface area contributed by atoms with Gasteiger partial charge in [-0.05, 0) is 41.1 Å². The van der Waals surface area contributed by atoms with Crippen LogP contribution in [-0.4, -0.2) is 10.8 Å². The SMILES string of the molecule is N#Cc1cc([N+](=O)[O-])ccc1NC(=O)c1ccc(COc2ccc3ccccc3c2)o1. The number of carbonyl (C=O) groups is 1. The predicted octanol–water partition coefficient (Wildman–Crippen LogP) is 5.04. The molecule has 3 aromatic carbocycles. The van der Waals surface area contributed by atoms with Crippen LogP contribution in [0.4, 0.5) is 11.4 Å². The van der Waals surface area contributed by atoms with Gasteiger partial charge in [0.25, 0.3) is 11.6 Å². The molecule has 1 amide bonds. The van der Waals surface area contributed by atoms with Gasteiger partial charge in [-0.2, -0.15) is 5.26 Å². The maximum absolute atomic E-state index is 12.4. The van der Waals surface area contributed by atoms with Gasteiger partial charge in [-0.25, -0.2) is 0 Å². The van der Waals surface area contributed by atoms with Crippen molar-refractivity contribution in [2.24, 2.45) is 0 Å². The highest BCUT2D eigenvalue weighted by atomic mass is 16.6. The molecule has 4 aromatic rings. The van der Waals surface area contributed by atoms with E-state index in [1.165, 1.54) is 18.2 Å². The minimum Gasteiger partial charge on any atom is -0.486 e. The summed E-state index contributed by atoms with van der Waals surface area (Å²) in [4.78, 5) is 22.7. The molecular weight excluding hydrogens is 398 g/mol. The molecule has 4 rings (SSSR count). The van der Waals surface area contributed by atoms with Crippen molar-refractivity contribution >= 4 is 28.1 Å². The third-order valence-corrected chi connectivity index (χ3v) is 4.57. The third kappa shape index (κ3) is 4.36. The van der Waals surface area contributed by atoms with Gasteiger partial charge in [0.2, 0.25) is 0 Å². The molecule has 0 spiro atoms. The lowest BCUT2D eigenvalue weighted by Gasteiger charge is -2.06. The molecule has 0 bridgehead atoms. The van der Waals surface area contributed by atoms with Crippen LogP contribution in [-0.2, 0) is 6.61 Å². The van der Waals surface area contributed by atoms with E-state index in [0.29, 0.717) is 11.5 Å². The molecule has 0 fully saturated rings. The standard InChI is InChI=1S/C23H15N3O5/c24-13-17-11-18(26(28)29)6-9-21(17)25-23(27)22-10-8-20(31-22)14-30-19-7-5-15-3-1-2-4-16(15)12-19/h1-12H,14H2,(H,25,27). The number of nitro groups is 1. The van der Waals surface area contributed by atoms with E-state index in [9.17, 15) is 20.2 Å². The van der Waals surface area contributed by atoms with Crippen molar-refractivity contribution in [3.63, 3.8) is 0 Å². The van der Waals surface area contributed by atoms with Crippen LogP contribution in [0.15, 0.2) is 77.2 Å². The molecule has 0 unspecified atom stereocenters. The highest BCUT2D eigenvalue weighted by molar-refractivity contribution is 6.03. The van der Waals surface area contributed by atoms with E-state index >= 15 is 0 Å². The average Bonchev–Trinajstić information content (AvgIpc) is 3.27. The van der Waals surface area contributed by atoms with Crippen LogP contribution < -0.4 is 10.1 Å². The van der Waals surface area contributed by atoms with Crippen LogP contribution in [0.2, 0.25) is 0 Å². The van der Waals surface area contributed by atoms with Gasteiger partial charge in [0.15, 0.2) is 5.76 Å². The maximum Gasteiger partial charge on any atom is 0.291 e. The molecule has 0 atom stereocenters. The number of nitrogens with one attached hydrogen (secondary N) is 1. The first-order valence-corrected chi connectivity index (χ1v) is 9.24. The maximum atomic E-state index is 12.4. The first-order chi connectivity index (χ1) is 15.0. The van der Waals surface area contributed by atoms with Gasteiger partial charge in [-0.15, -0.1) is 0 Å². The number of carbonyl (C=O) groups excluding carboxylic acids is 1. The first-order valence-electron chi connectivity index (χ1n) is 9.24. The Morgan fingerprint density at radius 3 is 2.65 bits per heavy atom. The second-order valence-corrected chi connectivity index (χ2v) is 6.62. The topological polar surface area (TPSA) is 118 Å². The number of ether oxygens (including phenoxy) is 1. The summed E-state index contributed by atoms with van der Waals surface area (Å²) in [6.45, 7) is 0.132. The number of benzene rings is 3. The molecule has 1 N–H and O–H groups in total. The molecule has 0 aliphatic carbocycles. The molecule has 0 aliphatic heterocycles. The van der Waals surface area contributed by atoms with Gasteiger partial charge in [0.1, 0.15) is 24.2 Å². The third-order valence-electron chi connectivity index (χ3n) is 4.57. The Bertz CT molecular complexity index is 1340. The van der Waals surface area contributed by atoms with E-state index in [2.05, 4.69) is 5.32 Å². The van der Waals surface area contributed by atoms with E-state index in [-0.39, 0.29) is 29.3 Å². The fraction of sp³-hybridized carbons (Fsp3) is 0.0435. The zero-order valence-electron chi connectivity index (χ0n) is 16.1. The summed E-state index contributed by atoms with van der Waals surface area (Å²) >= 11 is 0. The molecule has 1 aromatic heterocycles. The number of amides is 1. The van der Waals surface area contributed by atoms with Crippen molar-refractivity contribution in [3.05, 3.63) is 100.0 Å². The van der Waals surface area contributed by atoms with E-state index < -0.39 is 10.8 Å². The lowest BCUT2D eigenvalue weighted by molar-refractivity contribution is -0.384. The number of nitriles is 1. The molecule has 0 radical (unpaired) electrons. The van der Waals surface area contributed by atoms with Gasteiger partial charge in [-0.3, -0.25) is 14.9 Å². The Morgan fingerprint density at radius 1 is 1.06 bits per heavy atom. The quantitative estimate of drug-likeness (QED) is 0.349. The van der Waals surface area contributed by atoms with Crippen molar-refractivity contribution in [1.29, 1.82) is 5.26 Å². The summed E-state index contributed by atoms with van der Waals surface area (Å²) in [5, 5.41) is 24.7. The van der Waals surface area contributed by atoms with Crippen molar-refractivity contribution in [1.82, 2.24) is 0 Å². The average molecular weight is 413 g/mol. The molecular formula is C23H15N3O5. The zero-order valence-corrected chi connectivity index (χ0v) is 16.1. The smallest absolute Gasteiger partial charge is 0.291 e. The Hall–Kier alpha value is -4.64. The first kappa shape index (κ1) is 19.7. The second-order valence-electron chi connectivity index (χ2n) is 6.62. The fourth-order valence-corrected chi connectivity index (χ4v) is 3.02. The summed E-state index contributed by atoms with van der Waals surface area (Å²) in [5.41, 5.74) is -0.0990. The Balaban J connectivity index is 1.43. The number of nitrogens with zero attached hydrogens (tertiary/aromatic N) is 2. The Labute approximate surface area is 176 Å². The molecule has 0 saturated carbocycles. The minimum absolute atomic E-state index is 0.0195. The normalized spacial score (nSPS) is 10.4. The summed E-state index contributed by atoms with van der Waals surface area (Å²) in [7, 11) is 0. The predicted molar refractivity (Wildman–Crippen MR) is 113 cm³/mol. The van der Waals surface area contributed by atoms with Crippen LogP contribution in [0, 0.1) is 21.4 Å². The van der Waals surface area contributed by atoms with Gasteiger partial charge >= 0.3 is 0 Å². The summed E-state index contributed by atoms with van der Waals surface area (Å²) in [6.07, 6.45) is 0. The van der Waals surface area contributed by atoms with Crippen molar-refractivity contribution in [2.75, 3.05) is 5.32 Å². The van der Waals surface area contributed by atoms with Crippen LogP contribution >= 0.6 is 0 Å². The van der Waals surface area contributed by atoms with Gasteiger partial charge in [0.05, 0.1) is 16.2 Å². The Morgan fingerprint density at radius 2 is 1.87 bits per heavy atom. The van der Waals surface area contributed by atoms with Crippen molar-refractivity contribution in [3.8, 4) is 11.8 Å². The fourth-order valence-electron chi connectivity index (χ4n) is 3.02. The number of non-ortho nitro benzene ring substituents is 1. The lowest BCUT2D eigenvalue weighted by atomic mass is 10.1.